The number of hydrogen-bond donors (Lipinski definition) is 0. The van der Waals surface area contributed by atoms with Crippen molar-refractivity contribution in [1.82, 2.24) is 0 Å². The van der Waals surface area contributed by atoms with Crippen LogP contribution in [0.4, 0.5) is 0 Å². The van der Waals surface area contributed by atoms with E-state index in [-0.39, 0.29) is 18.0 Å². The third-order valence-electron chi connectivity index (χ3n) is 2.71. The van der Waals surface area contributed by atoms with Crippen LogP contribution >= 0.6 is 11.6 Å². The van der Waals surface area contributed by atoms with Gasteiger partial charge in [0.05, 0.1) is 0 Å². The number of unbranched alkanes of at least 4 members (excludes halogenated alkanes) is 1. The Balaban J connectivity index is 4.45. The Morgan fingerprint density at radius 2 is 2.11 bits per heavy atom. The van der Waals surface area contributed by atoms with Gasteiger partial charge in [0, 0.05) is 18.2 Å². The first kappa shape index (κ1) is 18.1. The van der Waals surface area contributed by atoms with Crippen molar-refractivity contribution in [3.63, 3.8) is 0 Å². The molecule has 2 unspecified atom stereocenters. The number of ether oxygens (including phenoxy) is 1. The van der Waals surface area contributed by atoms with Gasteiger partial charge in [-0.15, -0.1) is 11.6 Å². The van der Waals surface area contributed by atoms with E-state index in [1.807, 2.05) is 6.92 Å². The first-order valence-electron chi connectivity index (χ1n) is 6.93. The minimum absolute atomic E-state index is 0.186. The van der Waals surface area contributed by atoms with Gasteiger partial charge in [-0.25, -0.2) is 0 Å². The van der Waals surface area contributed by atoms with E-state index in [1.54, 1.807) is 0 Å². The summed E-state index contributed by atoms with van der Waals surface area (Å²) in [5.41, 5.74) is 0.784. The number of halogens is 1. The Labute approximate surface area is 122 Å². The molecule has 0 fully saturated rings. The largest absolute Gasteiger partial charge is 0.449 e. The molecule has 0 saturated heterocycles. The fourth-order valence-electron chi connectivity index (χ4n) is 1.65. The molecular formula is C16H25ClO2. The van der Waals surface area contributed by atoms with Crippen LogP contribution in [0.25, 0.3) is 0 Å². The quantitative estimate of drug-likeness (QED) is 0.287. The van der Waals surface area contributed by atoms with E-state index in [0.717, 1.165) is 31.3 Å². The van der Waals surface area contributed by atoms with Gasteiger partial charge in [0.25, 0.3) is 0 Å². The van der Waals surface area contributed by atoms with Crippen molar-refractivity contribution in [1.29, 1.82) is 0 Å². The second-order valence-electron chi connectivity index (χ2n) is 4.87. The smallest absolute Gasteiger partial charge is 0.307 e. The number of hydrogen-bond acceptors (Lipinski definition) is 2. The zero-order chi connectivity index (χ0) is 14.7. The zero-order valence-electron chi connectivity index (χ0n) is 12.3. The molecule has 0 aromatic carbocycles. The molecule has 0 spiro atoms. The van der Waals surface area contributed by atoms with Crippen LogP contribution in [-0.2, 0) is 9.53 Å². The van der Waals surface area contributed by atoms with Crippen molar-refractivity contribution in [3.8, 4) is 11.8 Å². The lowest BCUT2D eigenvalue weighted by Crippen LogP contribution is -2.24. The van der Waals surface area contributed by atoms with Gasteiger partial charge >= 0.3 is 5.97 Å². The second kappa shape index (κ2) is 10.9. The van der Waals surface area contributed by atoms with Crippen LogP contribution in [0.1, 0.15) is 52.9 Å². The molecule has 0 saturated carbocycles. The summed E-state index contributed by atoms with van der Waals surface area (Å²) in [6.07, 6.45) is 3.73. The van der Waals surface area contributed by atoms with Gasteiger partial charge in [0.15, 0.2) is 6.10 Å². The third-order valence-corrected chi connectivity index (χ3v) is 2.98. The molecule has 108 valence electrons. The van der Waals surface area contributed by atoms with E-state index in [0.29, 0.717) is 12.3 Å². The molecule has 0 aliphatic carbocycles. The molecular weight excluding hydrogens is 260 g/mol. The van der Waals surface area contributed by atoms with E-state index in [9.17, 15) is 4.79 Å². The summed E-state index contributed by atoms with van der Waals surface area (Å²) < 4.78 is 5.47. The Kier molecular flexibility index (Phi) is 10.4. The van der Waals surface area contributed by atoms with Crippen LogP contribution < -0.4 is 0 Å². The Hall–Kier alpha value is -0.940. The van der Waals surface area contributed by atoms with Crippen molar-refractivity contribution in [3.05, 3.63) is 12.2 Å². The molecule has 0 aromatic heterocycles. The lowest BCUT2D eigenvalue weighted by atomic mass is 9.99. The van der Waals surface area contributed by atoms with Gasteiger partial charge in [0.2, 0.25) is 0 Å². The summed E-state index contributed by atoms with van der Waals surface area (Å²) in [6, 6.07) is 0. The SMILES string of the molecule is C=C(C)C#CC(OC(=O)CCCCCl)C(C)CCC. The minimum Gasteiger partial charge on any atom is -0.449 e. The van der Waals surface area contributed by atoms with E-state index in [1.165, 1.54) is 0 Å². The average molecular weight is 285 g/mol. The van der Waals surface area contributed by atoms with Gasteiger partial charge in [-0.05, 0) is 31.8 Å². The van der Waals surface area contributed by atoms with E-state index in [4.69, 9.17) is 16.3 Å². The lowest BCUT2D eigenvalue weighted by Gasteiger charge is -2.19. The van der Waals surface area contributed by atoms with Crippen LogP contribution in [0.15, 0.2) is 12.2 Å². The highest BCUT2D eigenvalue weighted by Crippen LogP contribution is 2.15. The summed E-state index contributed by atoms with van der Waals surface area (Å²) in [5, 5.41) is 0. The minimum atomic E-state index is -0.333. The van der Waals surface area contributed by atoms with Crippen LogP contribution in [0.5, 0.6) is 0 Å². The lowest BCUT2D eigenvalue weighted by molar-refractivity contribution is -0.148. The Morgan fingerprint density at radius 1 is 1.42 bits per heavy atom. The molecule has 3 heteroatoms. The van der Waals surface area contributed by atoms with Gasteiger partial charge in [0.1, 0.15) is 0 Å². The molecule has 2 nitrogen and oxygen atoms in total. The zero-order valence-corrected chi connectivity index (χ0v) is 13.1. The number of esters is 1. The van der Waals surface area contributed by atoms with Crippen LogP contribution in [0.2, 0.25) is 0 Å². The highest BCUT2D eigenvalue weighted by molar-refractivity contribution is 6.17. The molecule has 0 bridgehead atoms. The molecule has 0 aliphatic rings. The first-order chi connectivity index (χ1) is 9.01. The number of carbonyl (C=O) groups is 1. The van der Waals surface area contributed by atoms with Gasteiger partial charge in [-0.3, -0.25) is 4.79 Å². The van der Waals surface area contributed by atoms with Crippen molar-refractivity contribution in [2.24, 2.45) is 5.92 Å². The van der Waals surface area contributed by atoms with Gasteiger partial charge < -0.3 is 4.74 Å². The molecule has 0 heterocycles. The van der Waals surface area contributed by atoms with Crippen molar-refractivity contribution in [2.45, 2.75) is 59.0 Å². The summed E-state index contributed by atoms with van der Waals surface area (Å²) in [6.45, 7) is 9.76. The van der Waals surface area contributed by atoms with Gasteiger partial charge in [-0.1, -0.05) is 38.7 Å². The fraction of sp³-hybridized carbons (Fsp3) is 0.688. The number of alkyl halides is 1. The molecule has 0 radical (unpaired) electrons. The first-order valence-corrected chi connectivity index (χ1v) is 7.47. The van der Waals surface area contributed by atoms with E-state index in [2.05, 4.69) is 32.3 Å². The maximum Gasteiger partial charge on any atom is 0.307 e. The summed E-state index contributed by atoms with van der Waals surface area (Å²) in [7, 11) is 0. The summed E-state index contributed by atoms with van der Waals surface area (Å²) in [4.78, 5) is 11.7. The average Bonchev–Trinajstić information content (AvgIpc) is 2.34. The van der Waals surface area contributed by atoms with Crippen LogP contribution in [-0.4, -0.2) is 18.0 Å². The predicted octanol–water partition coefficient (Wildman–Crippen LogP) is 4.32. The highest BCUT2D eigenvalue weighted by Gasteiger charge is 2.18. The Morgan fingerprint density at radius 3 is 2.63 bits per heavy atom. The normalized spacial score (nSPS) is 13.1. The second-order valence-corrected chi connectivity index (χ2v) is 5.25. The molecule has 0 amide bonds. The van der Waals surface area contributed by atoms with Gasteiger partial charge in [-0.2, -0.15) is 0 Å². The molecule has 0 rings (SSSR count). The summed E-state index contributed by atoms with van der Waals surface area (Å²) >= 11 is 5.58. The summed E-state index contributed by atoms with van der Waals surface area (Å²) in [5.74, 6) is 6.56. The third kappa shape index (κ3) is 9.62. The number of rotatable bonds is 8. The van der Waals surface area contributed by atoms with Crippen LogP contribution in [0, 0.1) is 17.8 Å². The molecule has 0 aliphatic heterocycles. The maximum atomic E-state index is 11.7. The molecule has 19 heavy (non-hydrogen) atoms. The van der Waals surface area contributed by atoms with E-state index >= 15 is 0 Å². The predicted molar refractivity (Wildman–Crippen MR) is 81.1 cm³/mol. The Bertz CT molecular complexity index is 338. The molecule has 0 N–H and O–H groups in total. The topological polar surface area (TPSA) is 26.3 Å². The molecule has 2 atom stereocenters. The fourth-order valence-corrected chi connectivity index (χ4v) is 1.84. The van der Waals surface area contributed by atoms with E-state index < -0.39 is 0 Å². The highest BCUT2D eigenvalue weighted by atomic mass is 35.5. The monoisotopic (exact) mass is 284 g/mol. The number of allylic oxidation sites excluding steroid dienone is 1. The van der Waals surface area contributed by atoms with Crippen molar-refractivity contribution >= 4 is 17.6 Å². The maximum absolute atomic E-state index is 11.7. The van der Waals surface area contributed by atoms with Crippen LogP contribution in [0.3, 0.4) is 0 Å². The number of carbonyl (C=O) groups excluding carboxylic acids is 1. The van der Waals surface area contributed by atoms with Crippen molar-refractivity contribution in [2.75, 3.05) is 5.88 Å². The van der Waals surface area contributed by atoms with Crippen molar-refractivity contribution < 1.29 is 9.53 Å². The molecule has 0 aromatic rings. The standard InChI is InChI=1S/C16H25ClO2/c1-5-8-14(4)15(11-10-13(2)3)19-16(18)9-6-7-12-17/h14-15H,2,5-9,12H2,1,3-4H3.